The molecule has 0 aliphatic carbocycles. The van der Waals surface area contributed by atoms with Crippen LogP contribution in [0.3, 0.4) is 0 Å². The van der Waals surface area contributed by atoms with Crippen molar-refractivity contribution in [2.45, 2.75) is 25.2 Å². The molecule has 13 heteroatoms. The number of rotatable bonds is 7. The predicted molar refractivity (Wildman–Crippen MR) is 137 cm³/mol. The standard InChI is InChI=1S/C24H28N8O4S/c1-4-14-36-19-7-6-17(37(34,35)31-12-10-30(3)11-13-31)15-18(19)21-27-22-20(23(33)28-21)16(2)32(29-22)24-25-8-5-9-26-24/h5-9,15H,4,10-14H2,1-3H3,(H,27,28,29,33). The molecule has 1 aliphatic heterocycles. The number of aryl methyl sites for hydroxylation is 1. The van der Waals surface area contributed by atoms with E-state index in [2.05, 4.69) is 29.9 Å². The number of ether oxygens (including phenoxy) is 1. The van der Waals surface area contributed by atoms with E-state index in [1.54, 1.807) is 31.5 Å². The molecule has 12 nitrogen and oxygen atoms in total. The molecule has 0 bridgehead atoms. The van der Waals surface area contributed by atoms with Gasteiger partial charge in [-0.2, -0.15) is 4.31 Å². The van der Waals surface area contributed by atoms with Gasteiger partial charge in [-0.1, -0.05) is 6.92 Å². The number of hydrogen-bond acceptors (Lipinski definition) is 9. The van der Waals surface area contributed by atoms with E-state index < -0.39 is 15.6 Å². The number of piperazine rings is 1. The lowest BCUT2D eigenvalue weighted by molar-refractivity contribution is 0.222. The smallest absolute Gasteiger partial charge is 0.262 e. The molecule has 0 amide bonds. The zero-order valence-corrected chi connectivity index (χ0v) is 21.7. The van der Waals surface area contributed by atoms with Gasteiger partial charge in [-0.25, -0.2) is 28.1 Å². The monoisotopic (exact) mass is 524 g/mol. The maximum Gasteiger partial charge on any atom is 0.262 e. The molecule has 4 aromatic rings. The molecule has 1 aliphatic rings. The Morgan fingerprint density at radius 2 is 1.84 bits per heavy atom. The summed E-state index contributed by atoms with van der Waals surface area (Å²) in [5, 5.41) is 4.76. The second-order valence-corrected chi connectivity index (χ2v) is 10.8. The summed E-state index contributed by atoms with van der Waals surface area (Å²) in [5.41, 5.74) is 0.687. The van der Waals surface area contributed by atoms with Crippen LogP contribution in [0.2, 0.25) is 0 Å². The first-order chi connectivity index (χ1) is 17.8. The first-order valence-corrected chi connectivity index (χ1v) is 13.5. The van der Waals surface area contributed by atoms with Crippen molar-refractivity contribution in [3.05, 3.63) is 52.7 Å². The summed E-state index contributed by atoms with van der Waals surface area (Å²) in [6, 6.07) is 6.34. The number of aromatic nitrogens is 6. The largest absolute Gasteiger partial charge is 0.493 e. The van der Waals surface area contributed by atoms with E-state index in [0.717, 1.165) is 6.42 Å². The zero-order valence-electron chi connectivity index (χ0n) is 20.9. The summed E-state index contributed by atoms with van der Waals surface area (Å²) >= 11 is 0. The van der Waals surface area contributed by atoms with Crippen LogP contribution in [-0.4, -0.2) is 87.2 Å². The van der Waals surface area contributed by atoms with Crippen LogP contribution in [0.25, 0.3) is 28.4 Å². The summed E-state index contributed by atoms with van der Waals surface area (Å²) in [5.74, 6) is 0.896. The second kappa shape index (κ2) is 10.00. The number of nitrogens with one attached hydrogen (secondary N) is 1. The Hall–Kier alpha value is -3.68. The van der Waals surface area contributed by atoms with Gasteiger partial charge in [0.2, 0.25) is 10.0 Å². The molecule has 0 radical (unpaired) electrons. The fraction of sp³-hybridized carbons (Fsp3) is 0.375. The van der Waals surface area contributed by atoms with E-state index in [-0.39, 0.29) is 16.4 Å². The zero-order chi connectivity index (χ0) is 26.2. The number of hydrogen-bond donors (Lipinski definition) is 1. The van der Waals surface area contributed by atoms with E-state index >= 15 is 0 Å². The first-order valence-electron chi connectivity index (χ1n) is 12.0. The number of nitrogens with zero attached hydrogens (tertiary/aromatic N) is 7. The van der Waals surface area contributed by atoms with Crippen molar-refractivity contribution in [2.24, 2.45) is 0 Å². The highest BCUT2D eigenvalue weighted by molar-refractivity contribution is 7.89. The van der Waals surface area contributed by atoms with Gasteiger partial charge < -0.3 is 14.6 Å². The van der Waals surface area contributed by atoms with Crippen LogP contribution >= 0.6 is 0 Å². The van der Waals surface area contributed by atoms with Crippen molar-refractivity contribution in [3.8, 4) is 23.1 Å². The highest BCUT2D eigenvalue weighted by Gasteiger charge is 2.29. The molecule has 1 N–H and O–H groups in total. The van der Waals surface area contributed by atoms with Crippen molar-refractivity contribution >= 4 is 21.1 Å². The third-order valence-electron chi connectivity index (χ3n) is 6.28. The van der Waals surface area contributed by atoms with E-state index in [1.807, 2.05) is 14.0 Å². The minimum absolute atomic E-state index is 0.109. The minimum atomic E-state index is -3.75. The molecule has 5 rings (SSSR count). The van der Waals surface area contributed by atoms with Crippen molar-refractivity contribution in [1.82, 2.24) is 38.9 Å². The summed E-state index contributed by atoms with van der Waals surface area (Å²) in [7, 11) is -1.78. The minimum Gasteiger partial charge on any atom is -0.493 e. The molecule has 1 saturated heterocycles. The van der Waals surface area contributed by atoms with Crippen molar-refractivity contribution in [1.29, 1.82) is 0 Å². The molecule has 0 saturated carbocycles. The van der Waals surface area contributed by atoms with Crippen molar-refractivity contribution < 1.29 is 13.2 Å². The Morgan fingerprint density at radius 3 is 2.54 bits per heavy atom. The average Bonchev–Trinajstić information content (AvgIpc) is 3.24. The number of sulfonamides is 1. The fourth-order valence-corrected chi connectivity index (χ4v) is 5.68. The molecule has 4 heterocycles. The Bertz CT molecular complexity index is 1590. The van der Waals surface area contributed by atoms with Crippen LogP contribution in [-0.2, 0) is 10.0 Å². The molecule has 3 aromatic heterocycles. The second-order valence-electron chi connectivity index (χ2n) is 8.87. The Morgan fingerprint density at radius 1 is 1.11 bits per heavy atom. The number of H-pyrrole nitrogens is 1. The van der Waals surface area contributed by atoms with Gasteiger partial charge in [-0.15, -0.1) is 5.10 Å². The summed E-state index contributed by atoms with van der Waals surface area (Å²) in [4.78, 5) is 31.2. The molecule has 0 spiro atoms. The Labute approximate surface area is 214 Å². The molecule has 0 unspecified atom stereocenters. The van der Waals surface area contributed by atoms with Gasteiger partial charge in [-0.3, -0.25) is 4.79 Å². The maximum atomic E-state index is 13.4. The lowest BCUT2D eigenvalue weighted by Gasteiger charge is -2.31. The average molecular weight is 525 g/mol. The summed E-state index contributed by atoms with van der Waals surface area (Å²) in [6.07, 6.45) is 3.92. The van der Waals surface area contributed by atoms with Crippen LogP contribution in [0.15, 0.2) is 46.3 Å². The van der Waals surface area contributed by atoms with E-state index in [1.165, 1.54) is 21.1 Å². The van der Waals surface area contributed by atoms with Crippen LogP contribution < -0.4 is 10.3 Å². The third kappa shape index (κ3) is 4.72. The maximum absolute atomic E-state index is 13.4. The van der Waals surface area contributed by atoms with Gasteiger partial charge in [-0.05, 0) is 44.7 Å². The lowest BCUT2D eigenvalue weighted by Crippen LogP contribution is -2.47. The Balaban J connectivity index is 1.62. The normalized spacial score (nSPS) is 15.3. The topological polar surface area (TPSA) is 139 Å². The quantitative estimate of drug-likeness (QED) is 0.382. The van der Waals surface area contributed by atoms with Crippen LogP contribution in [0.1, 0.15) is 19.0 Å². The highest BCUT2D eigenvalue weighted by atomic mass is 32.2. The lowest BCUT2D eigenvalue weighted by atomic mass is 10.2. The van der Waals surface area contributed by atoms with Gasteiger partial charge in [0.1, 0.15) is 17.0 Å². The molecule has 1 aromatic carbocycles. The summed E-state index contributed by atoms with van der Waals surface area (Å²) in [6.45, 7) is 6.25. The van der Waals surface area contributed by atoms with Crippen molar-refractivity contribution in [3.63, 3.8) is 0 Å². The molecule has 194 valence electrons. The molecule has 37 heavy (non-hydrogen) atoms. The SMILES string of the molecule is CCCOc1ccc(S(=O)(=O)N2CCN(C)CC2)cc1-c1nc2nn(-c3ncccn3)c(C)c2c(=O)[nH]1. The fourth-order valence-electron chi connectivity index (χ4n) is 4.23. The van der Waals surface area contributed by atoms with Crippen LogP contribution in [0.4, 0.5) is 0 Å². The predicted octanol–water partition coefficient (Wildman–Crippen LogP) is 1.60. The molecule has 1 fully saturated rings. The van der Waals surface area contributed by atoms with Gasteiger partial charge in [0.15, 0.2) is 5.65 Å². The van der Waals surface area contributed by atoms with Crippen LogP contribution in [0, 0.1) is 6.92 Å². The molecule has 0 atom stereocenters. The van der Waals surface area contributed by atoms with Gasteiger partial charge in [0, 0.05) is 38.6 Å². The van der Waals surface area contributed by atoms with Gasteiger partial charge in [0.25, 0.3) is 11.5 Å². The number of aromatic amines is 1. The highest BCUT2D eigenvalue weighted by Crippen LogP contribution is 2.32. The van der Waals surface area contributed by atoms with E-state index in [0.29, 0.717) is 61.1 Å². The van der Waals surface area contributed by atoms with E-state index in [9.17, 15) is 13.2 Å². The molecular formula is C24H28N8O4S. The Kier molecular flexibility index (Phi) is 6.75. The van der Waals surface area contributed by atoms with Gasteiger partial charge >= 0.3 is 0 Å². The number of benzene rings is 1. The summed E-state index contributed by atoms with van der Waals surface area (Å²) < 4.78 is 35.7. The number of fused-ring (bicyclic) bond motifs is 1. The van der Waals surface area contributed by atoms with Gasteiger partial charge in [0.05, 0.1) is 22.8 Å². The van der Waals surface area contributed by atoms with E-state index in [4.69, 9.17) is 4.74 Å². The number of likely N-dealkylation sites (N-methyl/N-ethyl adjacent to an activating group) is 1. The third-order valence-corrected chi connectivity index (χ3v) is 8.18. The first kappa shape index (κ1) is 25.0. The molecular weight excluding hydrogens is 496 g/mol. The van der Waals surface area contributed by atoms with Crippen LogP contribution in [0.5, 0.6) is 5.75 Å². The van der Waals surface area contributed by atoms with Crippen molar-refractivity contribution in [2.75, 3.05) is 39.8 Å².